The van der Waals surface area contributed by atoms with E-state index in [0.717, 1.165) is 10.4 Å². The van der Waals surface area contributed by atoms with Gasteiger partial charge in [-0.25, -0.2) is 5.43 Å². The molecule has 0 saturated heterocycles. The van der Waals surface area contributed by atoms with Gasteiger partial charge in [-0.1, -0.05) is 26.0 Å². The Hall–Kier alpha value is -2.14. The average Bonchev–Trinajstić information content (AvgIpc) is 2.91. The van der Waals surface area contributed by atoms with Gasteiger partial charge in [-0.2, -0.15) is 5.10 Å². The fourth-order valence-electron chi connectivity index (χ4n) is 1.81. The van der Waals surface area contributed by atoms with E-state index < -0.39 is 0 Å². The van der Waals surface area contributed by atoms with Crippen LogP contribution in [-0.4, -0.2) is 18.7 Å². The van der Waals surface area contributed by atoms with Gasteiger partial charge in [-0.15, -0.1) is 11.3 Å². The molecule has 1 aromatic heterocycles. The maximum absolute atomic E-state index is 11.7. The topological polar surface area (TPSA) is 50.7 Å². The monoisotopic (exact) mass is 316 g/mol. The number of nitrogens with zero attached hydrogens (tertiary/aromatic N) is 1. The minimum atomic E-state index is -0.279. The third-order valence-electron chi connectivity index (χ3n) is 3.19. The first-order chi connectivity index (χ1) is 10.6. The highest BCUT2D eigenvalue weighted by atomic mass is 32.1. The lowest BCUT2D eigenvalue weighted by Crippen LogP contribution is -2.24. The standard InChI is InChI=1S/C17H20N2O2S/c1-12(2)14-4-6-15(7-5-14)21-11-17(20)19-18-10-16-13(3)8-9-22-16/h4-10,12H,11H2,1-3H3,(H,19,20)/b18-10+. The summed E-state index contributed by atoms with van der Waals surface area (Å²) < 4.78 is 5.43. The number of hydrogen-bond acceptors (Lipinski definition) is 4. The molecule has 5 heteroatoms. The average molecular weight is 316 g/mol. The molecule has 0 spiro atoms. The summed E-state index contributed by atoms with van der Waals surface area (Å²) >= 11 is 1.58. The number of hydrazone groups is 1. The van der Waals surface area contributed by atoms with Crippen molar-refractivity contribution >= 4 is 23.5 Å². The predicted octanol–water partition coefficient (Wildman–Crippen LogP) is 3.71. The molecule has 0 radical (unpaired) electrons. The van der Waals surface area contributed by atoms with Gasteiger partial charge < -0.3 is 4.74 Å². The SMILES string of the molecule is Cc1ccsc1/C=N/NC(=O)COc1ccc(C(C)C)cc1. The van der Waals surface area contributed by atoms with Crippen LogP contribution >= 0.6 is 11.3 Å². The summed E-state index contributed by atoms with van der Waals surface area (Å²) in [5.74, 6) is 0.878. The highest BCUT2D eigenvalue weighted by Crippen LogP contribution is 2.18. The Morgan fingerprint density at radius 1 is 1.32 bits per heavy atom. The molecule has 2 aromatic rings. The van der Waals surface area contributed by atoms with Gasteiger partial charge in [0.15, 0.2) is 6.61 Å². The molecule has 1 amide bonds. The van der Waals surface area contributed by atoms with E-state index in [1.165, 1.54) is 5.56 Å². The van der Waals surface area contributed by atoms with Gasteiger partial charge in [-0.05, 0) is 47.5 Å². The molecule has 0 bridgehead atoms. The largest absolute Gasteiger partial charge is 0.484 e. The summed E-state index contributed by atoms with van der Waals surface area (Å²) in [6.45, 7) is 6.22. The Bertz CT molecular complexity index is 645. The predicted molar refractivity (Wildman–Crippen MR) is 90.8 cm³/mol. The first kappa shape index (κ1) is 16.2. The van der Waals surface area contributed by atoms with Crippen molar-refractivity contribution in [2.24, 2.45) is 5.10 Å². The molecule has 2 rings (SSSR count). The van der Waals surface area contributed by atoms with E-state index in [1.54, 1.807) is 17.6 Å². The van der Waals surface area contributed by atoms with Crippen molar-refractivity contribution in [3.8, 4) is 5.75 Å². The summed E-state index contributed by atoms with van der Waals surface area (Å²) in [6, 6.07) is 9.78. The van der Waals surface area contributed by atoms with Gasteiger partial charge >= 0.3 is 0 Å². The molecule has 4 nitrogen and oxygen atoms in total. The quantitative estimate of drug-likeness (QED) is 0.652. The molecule has 0 unspecified atom stereocenters. The van der Waals surface area contributed by atoms with Gasteiger partial charge in [0.1, 0.15) is 5.75 Å². The lowest BCUT2D eigenvalue weighted by molar-refractivity contribution is -0.123. The van der Waals surface area contributed by atoms with E-state index in [-0.39, 0.29) is 12.5 Å². The number of thiophene rings is 1. The fraction of sp³-hybridized carbons (Fsp3) is 0.294. The molecule has 0 aliphatic heterocycles. The fourth-order valence-corrected chi connectivity index (χ4v) is 2.60. The third-order valence-corrected chi connectivity index (χ3v) is 4.14. The summed E-state index contributed by atoms with van der Waals surface area (Å²) in [4.78, 5) is 12.7. The van der Waals surface area contributed by atoms with Gasteiger partial charge in [0.05, 0.1) is 6.21 Å². The molecule has 1 heterocycles. The van der Waals surface area contributed by atoms with Crippen molar-refractivity contribution in [1.82, 2.24) is 5.43 Å². The number of amides is 1. The Labute approximate surface area is 134 Å². The molecular formula is C17H20N2O2S. The van der Waals surface area contributed by atoms with Crippen molar-refractivity contribution in [3.63, 3.8) is 0 Å². The van der Waals surface area contributed by atoms with Gasteiger partial charge in [0.25, 0.3) is 5.91 Å². The molecule has 1 N–H and O–H groups in total. The van der Waals surface area contributed by atoms with Crippen LogP contribution in [0.1, 0.15) is 35.8 Å². The van der Waals surface area contributed by atoms with E-state index in [9.17, 15) is 4.79 Å². The van der Waals surface area contributed by atoms with Gasteiger partial charge in [0.2, 0.25) is 0 Å². The lowest BCUT2D eigenvalue weighted by Gasteiger charge is -2.08. The Morgan fingerprint density at radius 2 is 2.05 bits per heavy atom. The second-order valence-corrected chi connectivity index (χ2v) is 6.22. The van der Waals surface area contributed by atoms with Crippen molar-refractivity contribution < 1.29 is 9.53 Å². The number of benzene rings is 1. The third kappa shape index (κ3) is 4.70. The lowest BCUT2D eigenvalue weighted by atomic mass is 10.0. The minimum absolute atomic E-state index is 0.0538. The number of hydrogen-bond donors (Lipinski definition) is 1. The molecule has 22 heavy (non-hydrogen) atoms. The van der Waals surface area contributed by atoms with Crippen LogP contribution in [0.5, 0.6) is 5.75 Å². The van der Waals surface area contributed by atoms with Crippen molar-refractivity contribution in [2.75, 3.05) is 6.61 Å². The van der Waals surface area contributed by atoms with Gasteiger partial charge in [-0.3, -0.25) is 4.79 Å². The van der Waals surface area contributed by atoms with Crippen molar-refractivity contribution in [3.05, 3.63) is 51.7 Å². The minimum Gasteiger partial charge on any atom is -0.484 e. The zero-order valence-corrected chi connectivity index (χ0v) is 13.8. The van der Waals surface area contributed by atoms with Crippen LogP contribution in [0.3, 0.4) is 0 Å². The van der Waals surface area contributed by atoms with Crippen LogP contribution in [-0.2, 0) is 4.79 Å². The zero-order chi connectivity index (χ0) is 15.9. The molecular weight excluding hydrogens is 296 g/mol. The number of rotatable bonds is 6. The molecule has 0 aliphatic carbocycles. The highest BCUT2D eigenvalue weighted by Gasteiger charge is 2.03. The summed E-state index contributed by atoms with van der Waals surface area (Å²) in [5, 5.41) is 5.92. The summed E-state index contributed by atoms with van der Waals surface area (Å²) in [5.41, 5.74) is 4.85. The molecule has 1 aromatic carbocycles. The number of carbonyl (C=O) groups is 1. The van der Waals surface area contributed by atoms with Crippen LogP contribution in [0.4, 0.5) is 0 Å². The Kier molecular flexibility index (Phi) is 5.72. The van der Waals surface area contributed by atoms with E-state index >= 15 is 0 Å². The smallest absolute Gasteiger partial charge is 0.277 e. The molecule has 0 atom stereocenters. The van der Waals surface area contributed by atoms with Crippen LogP contribution in [0.2, 0.25) is 0 Å². The summed E-state index contributed by atoms with van der Waals surface area (Å²) in [6.07, 6.45) is 1.65. The van der Waals surface area contributed by atoms with Crippen molar-refractivity contribution in [1.29, 1.82) is 0 Å². The molecule has 116 valence electrons. The number of ether oxygens (including phenoxy) is 1. The Balaban J connectivity index is 1.78. The van der Waals surface area contributed by atoms with Gasteiger partial charge in [0, 0.05) is 4.88 Å². The first-order valence-corrected chi connectivity index (χ1v) is 8.03. The first-order valence-electron chi connectivity index (χ1n) is 7.15. The summed E-state index contributed by atoms with van der Waals surface area (Å²) in [7, 11) is 0. The van der Waals surface area contributed by atoms with E-state index in [0.29, 0.717) is 11.7 Å². The molecule has 0 saturated carbocycles. The molecule has 0 aliphatic rings. The maximum atomic E-state index is 11.7. The zero-order valence-electron chi connectivity index (χ0n) is 13.0. The number of carbonyl (C=O) groups excluding carboxylic acids is 1. The van der Waals surface area contributed by atoms with E-state index in [1.807, 2.05) is 42.6 Å². The second-order valence-electron chi connectivity index (χ2n) is 5.27. The number of nitrogens with one attached hydrogen (secondary N) is 1. The van der Waals surface area contributed by atoms with Crippen LogP contribution in [0.15, 0.2) is 40.8 Å². The normalized spacial score (nSPS) is 11.1. The van der Waals surface area contributed by atoms with E-state index in [4.69, 9.17) is 4.74 Å². The highest BCUT2D eigenvalue weighted by molar-refractivity contribution is 7.11. The van der Waals surface area contributed by atoms with Crippen LogP contribution in [0, 0.1) is 6.92 Å². The van der Waals surface area contributed by atoms with Crippen LogP contribution in [0.25, 0.3) is 0 Å². The van der Waals surface area contributed by atoms with Crippen molar-refractivity contribution in [2.45, 2.75) is 26.7 Å². The maximum Gasteiger partial charge on any atom is 0.277 e. The second kappa shape index (κ2) is 7.75. The Morgan fingerprint density at radius 3 is 2.64 bits per heavy atom. The molecule has 0 fully saturated rings. The van der Waals surface area contributed by atoms with Crippen LogP contribution < -0.4 is 10.2 Å². The number of aryl methyl sites for hydroxylation is 1. The van der Waals surface area contributed by atoms with E-state index in [2.05, 4.69) is 24.4 Å².